The molecule has 0 bridgehead atoms. The highest BCUT2D eigenvalue weighted by Gasteiger charge is 2.21. The predicted octanol–water partition coefficient (Wildman–Crippen LogP) is 2.04. The average molecular weight is 384 g/mol. The largest absolute Gasteiger partial charge is 0.480 e. The van der Waals surface area contributed by atoms with Gasteiger partial charge in [-0.25, -0.2) is 17.9 Å². The Kier molecular flexibility index (Phi) is 8.23. The van der Waals surface area contributed by atoms with E-state index in [0.717, 1.165) is 12.0 Å². The van der Waals surface area contributed by atoms with Crippen LogP contribution in [0.2, 0.25) is 0 Å². The van der Waals surface area contributed by atoms with Crippen molar-refractivity contribution in [1.82, 2.24) is 10.0 Å². The summed E-state index contributed by atoms with van der Waals surface area (Å²) in [5.74, 6) is -1.58. The molecule has 0 saturated carbocycles. The van der Waals surface area contributed by atoms with Crippen molar-refractivity contribution in [2.45, 2.75) is 64.3 Å². The Morgan fingerprint density at radius 3 is 2.23 bits per heavy atom. The van der Waals surface area contributed by atoms with Crippen molar-refractivity contribution in [3.05, 3.63) is 28.8 Å². The number of rotatable bonds is 10. The second-order valence-electron chi connectivity index (χ2n) is 6.48. The van der Waals surface area contributed by atoms with E-state index in [9.17, 15) is 18.0 Å². The highest BCUT2D eigenvalue weighted by Crippen LogP contribution is 2.21. The molecule has 0 fully saturated rings. The molecule has 1 amide bonds. The monoisotopic (exact) mass is 384 g/mol. The Hall–Kier alpha value is -1.93. The predicted molar refractivity (Wildman–Crippen MR) is 99.6 cm³/mol. The first-order valence-corrected chi connectivity index (χ1v) is 10.2. The molecule has 8 heteroatoms. The zero-order chi connectivity index (χ0) is 19.9. The van der Waals surface area contributed by atoms with Crippen LogP contribution >= 0.6 is 0 Å². The number of unbranched alkanes of at least 4 members (excludes halogenated alkanes) is 1. The van der Waals surface area contributed by atoms with Gasteiger partial charge in [0.25, 0.3) is 0 Å². The van der Waals surface area contributed by atoms with Crippen LogP contribution in [0.15, 0.2) is 17.0 Å². The Bertz CT molecular complexity index is 736. The summed E-state index contributed by atoms with van der Waals surface area (Å²) in [6.45, 7) is 7.19. The first-order valence-electron chi connectivity index (χ1n) is 8.68. The van der Waals surface area contributed by atoms with Gasteiger partial charge >= 0.3 is 5.97 Å². The van der Waals surface area contributed by atoms with Gasteiger partial charge in [-0.15, -0.1) is 0 Å². The molecule has 0 aliphatic heterocycles. The standard InChI is InChI=1S/C18H28N2O5S/c1-5-6-7-15(18(22)23)20-16(21)8-9-19-26(24,25)17-13(3)10-12(2)11-14(17)4/h10-11,15,19H,5-9H2,1-4H3,(H,20,21)(H,22,23). The lowest BCUT2D eigenvalue weighted by molar-refractivity contribution is -0.142. The van der Waals surface area contributed by atoms with E-state index < -0.39 is 27.9 Å². The van der Waals surface area contributed by atoms with E-state index in [1.54, 1.807) is 26.0 Å². The van der Waals surface area contributed by atoms with Gasteiger partial charge in [0.15, 0.2) is 0 Å². The van der Waals surface area contributed by atoms with E-state index >= 15 is 0 Å². The molecule has 1 unspecified atom stereocenters. The Labute approximate surface area is 155 Å². The van der Waals surface area contributed by atoms with Crippen LogP contribution < -0.4 is 10.0 Å². The third-order valence-corrected chi connectivity index (χ3v) is 5.76. The van der Waals surface area contributed by atoms with Crippen molar-refractivity contribution in [2.75, 3.05) is 6.54 Å². The third kappa shape index (κ3) is 6.42. The maximum absolute atomic E-state index is 12.5. The van der Waals surface area contributed by atoms with Gasteiger partial charge in [-0.1, -0.05) is 37.5 Å². The molecule has 3 N–H and O–H groups in total. The van der Waals surface area contributed by atoms with Gasteiger partial charge in [-0.05, 0) is 38.3 Å². The minimum absolute atomic E-state index is 0.0962. The van der Waals surface area contributed by atoms with Crippen molar-refractivity contribution in [3.8, 4) is 0 Å². The summed E-state index contributed by atoms with van der Waals surface area (Å²) in [6.07, 6.45) is 1.74. The maximum atomic E-state index is 12.5. The highest BCUT2D eigenvalue weighted by molar-refractivity contribution is 7.89. The number of carbonyl (C=O) groups excluding carboxylic acids is 1. The number of carboxylic acid groups (broad SMARTS) is 1. The molecule has 7 nitrogen and oxygen atoms in total. The van der Waals surface area contributed by atoms with Crippen molar-refractivity contribution in [1.29, 1.82) is 0 Å². The van der Waals surface area contributed by atoms with E-state index in [-0.39, 0.29) is 17.9 Å². The first kappa shape index (κ1) is 22.1. The van der Waals surface area contributed by atoms with Crippen LogP contribution in [0, 0.1) is 20.8 Å². The maximum Gasteiger partial charge on any atom is 0.326 e. The molecule has 0 saturated heterocycles. The van der Waals surface area contributed by atoms with Crippen molar-refractivity contribution in [2.24, 2.45) is 0 Å². The van der Waals surface area contributed by atoms with Gasteiger partial charge in [-0.2, -0.15) is 0 Å². The van der Waals surface area contributed by atoms with E-state index in [4.69, 9.17) is 5.11 Å². The number of benzene rings is 1. The third-order valence-electron chi connectivity index (χ3n) is 4.00. The van der Waals surface area contributed by atoms with Crippen LogP contribution in [0.4, 0.5) is 0 Å². The summed E-state index contributed by atoms with van der Waals surface area (Å²) in [7, 11) is -3.74. The molecular weight excluding hydrogens is 356 g/mol. The fourth-order valence-corrected chi connectivity index (χ4v) is 4.37. The van der Waals surface area contributed by atoms with Crippen LogP contribution in [-0.4, -0.2) is 38.0 Å². The Morgan fingerprint density at radius 2 is 1.73 bits per heavy atom. The van der Waals surface area contributed by atoms with Crippen LogP contribution in [0.3, 0.4) is 0 Å². The average Bonchev–Trinajstić information content (AvgIpc) is 2.49. The molecule has 0 aromatic heterocycles. The van der Waals surface area contributed by atoms with Crippen LogP contribution in [0.1, 0.15) is 49.3 Å². The second kappa shape index (κ2) is 9.68. The van der Waals surface area contributed by atoms with Crippen LogP contribution in [-0.2, 0) is 19.6 Å². The number of carbonyl (C=O) groups is 2. The van der Waals surface area contributed by atoms with E-state index in [1.165, 1.54) is 0 Å². The van der Waals surface area contributed by atoms with Crippen LogP contribution in [0.5, 0.6) is 0 Å². The Balaban J connectivity index is 2.66. The summed E-state index contributed by atoms with van der Waals surface area (Å²) in [5.41, 5.74) is 2.26. The highest BCUT2D eigenvalue weighted by atomic mass is 32.2. The summed E-state index contributed by atoms with van der Waals surface area (Å²) in [5, 5.41) is 11.5. The molecule has 146 valence electrons. The molecule has 0 spiro atoms. The van der Waals surface area contributed by atoms with E-state index in [0.29, 0.717) is 24.0 Å². The summed E-state index contributed by atoms with van der Waals surface area (Å²) >= 11 is 0. The molecule has 1 aromatic rings. The molecule has 1 atom stereocenters. The fraction of sp³-hybridized carbons (Fsp3) is 0.556. The lowest BCUT2D eigenvalue weighted by atomic mass is 10.1. The van der Waals surface area contributed by atoms with Gasteiger partial charge in [0.2, 0.25) is 15.9 Å². The van der Waals surface area contributed by atoms with Gasteiger partial charge in [-0.3, -0.25) is 4.79 Å². The van der Waals surface area contributed by atoms with Gasteiger partial charge in [0.05, 0.1) is 4.90 Å². The minimum atomic E-state index is -3.74. The first-order chi connectivity index (χ1) is 12.1. The molecule has 1 aromatic carbocycles. The molecular formula is C18H28N2O5S. The quantitative estimate of drug-likeness (QED) is 0.571. The normalized spacial score (nSPS) is 12.6. The lowest BCUT2D eigenvalue weighted by Crippen LogP contribution is -2.42. The number of hydrogen-bond donors (Lipinski definition) is 3. The zero-order valence-electron chi connectivity index (χ0n) is 15.8. The van der Waals surface area contributed by atoms with Gasteiger partial charge in [0, 0.05) is 13.0 Å². The number of sulfonamides is 1. The molecule has 0 radical (unpaired) electrons. The van der Waals surface area contributed by atoms with E-state index in [1.807, 2.05) is 13.8 Å². The van der Waals surface area contributed by atoms with Gasteiger partial charge in [0.1, 0.15) is 6.04 Å². The van der Waals surface area contributed by atoms with Crippen molar-refractivity contribution in [3.63, 3.8) is 0 Å². The molecule has 26 heavy (non-hydrogen) atoms. The number of nitrogens with one attached hydrogen (secondary N) is 2. The fourth-order valence-electron chi connectivity index (χ4n) is 2.89. The summed E-state index contributed by atoms with van der Waals surface area (Å²) in [6, 6.07) is 2.64. The molecule has 0 aliphatic rings. The topological polar surface area (TPSA) is 113 Å². The smallest absolute Gasteiger partial charge is 0.326 e. The van der Waals surface area contributed by atoms with Crippen molar-refractivity contribution < 1.29 is 23.1 Å². The van der Waals surface area contributed by atoms with Crippen molar-refractivity contribution >= 4 is 21.9 Å². The van der Waals surface area contributed by atoms with Gasteiger partial charge < -0.3 is 10.4 Å². The molecule has 0 aliphatic carbocycles. The Morgan fingerprint density at radius 1 is 1.15 bits per heavy atom. The zero-order valence-corrected chi connectivity index (χ0v) is 16.6. The summed E-state index contributed by atoms with van der Waals surface area (Å²) in [4.78, 5) is 23.3. The molecule has 1 rings (SSSR count). The SMILES string of the molecule is CCCCC(NC(=O)CCNS(=O)(=O)c1c(C)cc(C)cc1C)C(=O)O. The van der Waals surface area contributed by atoms with E-state index in [2.05, 4.69) is 10.0 Å². The number of aryl methyl sites for hydroxylation is 3. The minimum Gasteiger partial charge on any atom is -0.480 e. The summed E-state index contributed by atoms with van der Waals surface area (Å²) < 4.78 is 27.4. The van der Waals surface area contributed by atoms with Crippen LogP contribution in [0.25, 0.3) is 0 Å². The number of carboxylic acids is 1. The number of hydrogen-bond acceptors (Lipinski definition) is 4. The number of amides is 1. The number of aliphatic carboxylic acids is 1. The second-order valence-corrected chi connectivity index (χ2v) is 8.18. The lowest BCUT2D eigenvalue weighted by Gasteiger charge is -2.15. The molecule has 0 heterocycles.